The van der Waals surface area contributed by atoms with Crippen LogP contribution in [0.5, 0.6) is 0 Å². The first kappa shape index (κ1) is 23.2. The Morgan fingerprint density at radius 1 is 1.19 bits per heavy atom. The van der Waals surface area contributed by atoms with Gasteiger partial charge in [-0.3, -0.25) is 9.56 Å². The van der Waals surface area contributed by atoms with Gasteiger partial charge in [0.1, 0.15) is 12.1 Å². The number of ether oxygens (including phenoxy) is 2. The summed E-state index contributed by atoms with van der Waals surface area (Å²) in [5.74, 6) is 0. The number of benzene rings is 1. The van der Waals surface area contributed by atoms with Gasteiger partial charge in [-0.15, -0.1) is 11.6 Å². The Labute approximate surface area is 203 Å². The summed E-state index contributed by atoms with van der Waals surface area (Å²) in [6.45, 7) is 11.7. The van der Waals surface area contributed by atoms with Crippen molar-refractivity contribution in [3.05, 3.63) is 44.5 Å². The van der Waals surface area contributed by atoms with Gasteiger partial charge >= 0.3 is 0 Å². The zero-order chi connectivity index (χ0) is 22.0. The summed E-state index contributed by atoms with van der Waals surface area (Å²) in [6, 6.07) is 9.62. The van der Waals surface area contributed by atoms with Gasteiger partial charge in [0.25, 0.3) is 0 Å². The predicted molar refractivity (Wildman–Crippen MR) is 136 cm³/mol. The lowest BCUT2D eigenvalue weighted by molar-refractivity contribution is 0.0825. The third kappa shape index (κ3) is 5.71. The summed E-state index contributed by atoms with van der Waals surface area (Å²) >= 11 is 8.97. The number of hydrogen-bond donors (Lipinski definition) is 0. The van der Waals surface area contributed by atoms with Gasteiger partial charge in [-0.1, -0.05) is 31.8 Å². The van der Waals surface area contributed by atoms with Crippen molar-refractivity contribution < 1.29 is 9.47 Å². The Hall–Kier alpha value is -0.943. The highest BCUT2D eigenvalue weighted by molar-refractivity contribution is 14.1. The average Bonchev–Trinajstić information content (AvgIpc) is 3.04. The molecule has 2 aromatic rings. The molecule has 0 spiro atoms. The van der Waals surface area contributed by atoms with Crippen molar-refractivity contribution in [1.82, 2.24) is 9.55 Å². The molecule has 0 N–H and O–H groups in total. The molecule has 168 valence electrons. The van der Waals surface area contributed by atoms with E-state index in [0.29, 0.717) is 6.73 Å². The molecule has 3 heterocycles. The van der Waals surface area contributed by atoms with E-state index in [0.717, 1.165) is 59.2 Å². The van der Waals surface area contributed by atoms with Crippen LogP contribution >= 0.6 is 34.2 Å². The van der Waals surface area contributed by atoms with Crippen molar-refractivity contribution in [2.45, 2.75) is 43.8 Å². The number of fused-ring (bicyclic) bond motifs is 1. The van der Waals surface area contributed by atoms with Crippen LogP contribution in [0.2, 0.25) is 25.7 Å². The summed E-state index contributed by atoms with van der Waals surface area (Å²) in [5.41, 5.74) is 3.19. The molecule has 2 aliphatic rings. The van der Waals surface area contributed by atoms with Gasteiger partial charge in [0.2, 0.25) is 0 Å². The van der Waals surface area contributed by atoms with Gasteiger partial charge in [0.15, 0.2) is 9.32 Å². The predicted octanol–water partition coefficient (Wildman–Crippen LogP) is 3.40. The van der Waals surface area contributed by atoms with Gasteiger partial charge in [0.05, 0.1) is 24.6 Å². The van der Waals surface area contributed by atoms with E-state index in [-0.39, 0.29) is 11.4 Å². The van der Waals surface area contributed by atoms with E-state index in [4.69, 9.17) is 26.1 Å². The number of rotatable bonds is 7. The molecule has 0 saturated carbocycles. The van der Waals surface area contributed by atoms with E-state index in [9.17, 15) is 0 Å². The van der Waals surface area contributed by atoms with Gasteiger partial charge < -0.3 is 14.4 Å². The van der Waals surface area contributed by atoms with Crippen LogP contribution in [0.25, 0.3) is 6.08 Å². The van der Waals surface area contributed by atoms with Crippen LogP contribution in [-0.2, 0) is 16.2 Å². The summed E-state index contributed by atoms with van der Waals surface area (Å²) in [7, 11) is -1.11. The summed E-state index contributed by atoms with van der Waals surface area (Å²) in [6.07, 6.45) is 2.02. The number of aromatic nitrogens is 2. The molecule has 1 saturated heterocycles. The van der Waals surface area contributed by atoms with Crippen LogP contribution < -0.4 is 15.7 Å². The lowest BCUT2D eigenvalue weighted by atomic mass is 10.0. The van der Waals surface area contributed by atoms with Crippen molar-refractivity contribution in [3.63, 3.8) is 0 Å². The Bertz CT molecular complexity index is 1020. The van der Waals surface area contributed by atoms with Gasteiger partial charge in [0, 0.05) is 56.0 Å². The molecule has 0 bridgehead atoms. The van der Waals surface area contributed by atoms with E-state index in [1.54, 1.807) is 0 Å². The standard InChI is InChI=1S/C22H30ClIN4O2Si/c1-31(2,3)13-12-30-15-28-21-19(25-22(28)24)14-18(23)20(26-21)16-4-6-17(7-5-16)27-8-10-29-11-9-27/h4-7,14,18,20H,8-13,15H2,1-3H3. The number of anilines is 1. The Morgan fingerprint density at radius 2 is 1.90 bits per heavy atom. The van der Waals surface area contributed by atoms with E-state index in [1.807, 2.05) is 6.08 Å². The minimum absolute atomic E-state index is 0.138. The second-order valence-electron chi connectivity index (χ2n) is 9.24. The molecule has 1 aromatic carbocycles. The lowest BCUT2D eigenvalue weighted by Gasteiger charge is -2.29. The highest BCUT2D eigenvalue weighted by Gasteiger charge is 2.24. The van der Waals surface area contributed by atoms with Crippen LogP contribution in [0, 0.1) is 3.83 Å². The second kappa shape index (κ2) is 9.90. The molecule has 6 nitrogen and oxygen atoms in total. The third-order valence-electron chi connectivity index (χ3n) is 5.63. The van der Waals surface area contributed by atoms with Crippen molar-refractivity contribution in [2.75, 3.05) is 37.8 Å². The Kier molecular flexibility index (Phi) is 7.42. The van der Waals surface area contributed by atoms with Gasteiger partial charge in [-0.25, -0.2) is 4.98 Å². The zero-order valence-electron chi connectivity index (χ0n) is 18.4. The number of imidazole rings is 1. The molecule has 0 radical (unpaired) electrons. The first-order valence-electron chi connectivity index (χ1n) is 10.8. The Balaban J connectivity index is 1.53. The number of morpholine rings is 1. The van der Waals surface area contributed by atoms with Crippen molar-refractivity contribution in [1.29, 1.82) is 0 Å². The quantitative estimate of drug-likeness (QED) is 0.221. The maximum atomic E-state index is 6.72. The van der Waals surface area contributed by atoms with Crippen LogP contribution in [-0.4, -0.2) is 55.9 Å². The van der Waals surface area contributed by atoms with Crippen molar-refractivity contribution in [3.8, 4) is 0 Å². The third-order valence-corrected chi connectivity index (χ3v) is 8.52. The summed E-state index contributed by atoms with van der Waals surface area (Å²) in [4.78, 5) is 12.0. The molecular weight excluding hydrogens is 543 g/mol. The van der Waals surface area contributed by atoms with Crippen molar-refractivity contribution in [2.24, 2.45) is 4.99 Å². The molecule has 31 heavy (non-hydrogen) atoms. The largest absolute Gasteiger partial charge is 0.378 e. The summed E-state index contributed by atoms with van der Waals surface area (Å²) < 4.78 is 14.4. The van der Waals surface area contributed by atoms with Crippen LogP contribution in [0.3, 0.4) is 0 Å². The van der Waals surface area contributed by atoms with E-state index in [2.05, 4.69) is 80.9 Å². The first-order chi connectivity index (χ1) is 14.8. The molecule has 9 heteroatoms. The van der Waals surface area contributed by atoms with E-state index < -0.39 is 8.07 Å². The highest BCUT2D eigenvalue weighted by atomic mass is 127. The monoisotopic (exact) mass is 572 g/mol. The molecule has 0 amide bonds. The van der Waals surface area contributed by atoms with Crippen LogP contribution in [0.15, 0.2) is 29.3 Å². The molecule has 0 aliphatic carbocycles. The normalized spacial score (nSPS) is 21.4. The topological polar surface area (TPSA) is 51.9 Å². The molecule has 2 aliphatic heterocycles. The first-order valence-corrected chi connectivity index (χ1v) is 16.0. The summed E-state index contributed by atoms with van der Waals surface area (Å²) in [5, 5.41) is 0.619. The minimum atomic E-state index is -1.11. The molecule has 1 aromatic heterocycles. The number of hydrogen-bond acceptors (Lipinski definition) is 5. The zero-order valence-corrected chi connectivity index (χ0v) is 22.3. The molecule has 2 unspecified atom stereocenters. The smallest absolute Gasteiger partial charge is 0.175 e. The second-order valence-corrected chi connectivity index (χ2v) is 16.3. The van der Waals surface area contributed by atoms with Gasteiger partial charge in [-0.05, 0) is 29.8 Å². The lowest BCUT2D eigenvalue weighted by Crippen LogP contribution is -2.38. The van der Waals surface area contributed by atoms with Crippen LogP contribution in [0.1, 0.15) is 11.6 Å². The highest BCUT2D eigenvalue weighted by Crippen LogP contribution is 2.29. The number of nitrogens with zero attached hydrogens (tertiary/aromatic N) is 4. The maximum absolute atomic E-state index is 6.72. The number of alkyl halides is 1. The fourth-order valence-electron chi connectivity index (χ4n) is 3.74. The van der Waals surface area contributed by atoms with Crippen LogP contribution in [0.4, 0.5) is 5.69 Å². The van der Waals surface area contributed by atoms with Gasteiger partial charge in [-0.2, -0.15) is 0 Å². The molecule has 1 fully saturated rings. The SMILES string of the molecule is C[Si](C)(C)CCOCn1c(I)nc2c1=NC(c1ccc(N3CCOCC3)cc1)C(Cl)C=2. The average molecular weight is 573 g/mol. The minimum Gasteiger partial charge on any atom is -0.378 e. The number of halogens is 2. The molecule has 4 rings (SSSR count). The van der Waals surface area contributed by atoms with E-state index in [1.165, 1.54) is 5.69 Å². The molecule has 2 atom stereocenters. The van der Waals surface area contributed by atoms with E-state index >= 15 is 0 Å². The van der Waals surface area contributed by atoms with Crippen molar-refractivity contribution >= 4 is 54.0 Å². The molecular formula is C22H30ClIN4O2Si. The fourth-order valence-corrected chi connectivity index (χ4v) is 5.44. The maximum Gasteiger partial charge on any atom is 0.175 e. The Morgan fingerprint density at radius 3 is 2.58 bits per heavy atom. The fraction of sp³-hybridized carbons (Fsp3) is 0.545.